The van der Waals surface area contributed by atoms with Crippen LogP contribution in [0.2, 0.25) is 0 Å². The summed E-state index contributed by atoms with van der Waals surface area (Å²) >= 11 is 0. The highest BCUT2D eigenvalue weighted by atomic mass is 16.5. The van der Waals surface area contributed by atoms with E-state index in [9.17, 15) is 0 Å². The first kappa shape index (κ1) is 11.4. The lowest BCUT2D eigenvalue weighted by atomic mass is 10.3. The van der Waals surface area contributed by atoms with Crippen LogP contribution in [0.15, 0.2) is 18.3 Å². The molecule has 0 radical (unpaired) electrons. The maximum absolute atomic E-state index is 5.77. The van der Waals surface area contributed by atoms with E-state index in [0.717, 1.165) is 19.0 Å². The molecule has 1 saturated carbocycles. The van der Waals surface area contributed by atoms with Gasteiger partial charge in [-0.2, -0.15) is 0 Å². The number of nitrogens with one attached hydrogen (secondary N) is 1. The molecule has 1 heterocycles. The molecule has 1 N–H and O–H groups in total. The third-order valence-electron chi connectivity index (χ3n) is 3.06. The van der Waals surface area contributed by atoms with Crippen molar-refractivity contribution in [2.45, 2.75) is 38.7 Å². The summed E-state index contributed by atoms with van der Waals surface area (Å²) < 4.78 is 5.77. The highest BCUT2D eigenvalue weighted by Gasteiger charge is 2.14. The largest absolute Gasteiger partial charge is 0.376 e. The second-order valence-corrected chi connectivity index (χ2v) is 4.37. The molecule has 1 aliphatic carbocycles. The maximum atomic E-state index is 5.77. The second kappa shape index (κ2) is 5.85. The fourth-order valence-corrected chi connectivity index (χ4v) is 2.12. The Balaban J connectivity index is 1.66. The smallest absolute Gasteiger partial charge is 0.128 e. The fourth-order valence-electron chi connectivity index (χ4n) is 2.12. The minimum Gasteiger partial charge on any atom is -0.376 e. The van der Waals surface area contributed by atoms with E-state index in [4.69, 9.17) is 4.74 Å². The van der Waals surface area contributed by atoms with E-state index in [2.05, 4.69) is 23.3 Å². The standard InChI is InChI=1S/C13H20N2O/c1-11-5-4-8-14-13(11)15-9-10-16-12-6-2-3-7-12/h4-5,8,12H,2-3,6-7,9-10H2,1H3,(H,14,15). The Morgan fingerprint density at radius 2 is 2.25 bits per heavy atom. The molecule has 0 amide bonds. The molecule has 0 unspecified atom stereocenters. The SMILES string of the molecule is Cc1cccnc1NCCOC1CCCC1. The van der Waals surface area contributed by atoms with Crippen LogP contribution >= 0.6 is 0 Å². The van der Waals surface area contributed by atoms with Crippen LogP contribution in [0.4, 0.5) is 5.82 Å². The fraction of sp³-hybridized carbons (Fsp3) is 0.615. The van der Waals surface area contributed by atoms with E-state index in [0.29, 0.717) is 6.10 Å². The molecule has 0 atom stereocenters. The van der Waals surface area contributed by atoms with Crippen LogP contribution in [0.3, 0.4) is 0 Å². The van der Waals surface area contributed by atoms with E-state index < -0.39 is 0 Å². The van der Waals surface area contributed by atoms with Gasteiger partial charge in [-0.15, -0.1) is 0 Å². The van der Waals surface area contributed by atoms with Crippen LogP contribution in [0, 0.1) is 6.92 Å². The summed E-state index contributed by atoms with van der Waals surface area (Å²) in [7, 11) is 0. The lowest BCUT2D eigenvalue weighted by Crippen LogP contribution is -2.16. The van der Waals surface area contributed by atoms with Gasteiger partial charge in [-0.05, 0) is 31.4 Å². The molecule has 88 valence electrons. The summed E-state index contributed by atoms with van der Waals surface area (Å²) in [5, 5.41) is 3.30. The molecule has 0 saturated heterocycles. The average Bonchev–Trinajstić information content (AvgIpc) is 2.79. The molecule has 0 spiro atoms. The van der Waals surface area contributed by atoms with Crippen molar-refractivity contribution in [3.05, 3.63) is 23.9 Å². The number of rotatable bonds is 5. The van der Waals surface area contributed by atoms with Gasteiger partial charge in [0.2, 0.25) is 0 Å². The summed E-state index contributed by atoms with van der Waals surface area (Å²) in [6.45, 7) is 3.68. The normalized spacial score (nSPS) is 16.6. The van der Waals surface area contributed by atoms with Crippen LogP contribution < -0.4 is 5.32 Å². The van der Waals surface area contributed by atoms with Crippen molar-refractivity contribution < 1.29 is 4.74 Å². The van der Waals surface area contributed by atoms with Crippen molar-refractivity contribution in [1.29, 1.82) is 0 Å². The molecule has 0 bridgehead atoms. The zero-order chi connectivity index (χ0) is 11.2. The third-order valence-corrected chi connectivity index (χ3v) is 3.06. The molecule has 0 aliphatic heterocycles. The lowest BCUT2D eigenvalue weighted by molar-refractivity contribution is 0.0658. The Bertz CT molecular complexity index is 321. The van der Waals surface area contributed by atoms with Crippen molar-refractivity contribution in [2.75, 3.05) is 18.5 Å². The first-order valence-corrected chi connectivity index (χ1v) is 6.13. The minimum atomic E-state index is 0.506. The number of ether oxygens (including phenoxy) is 1. The van der Waals surface area contributed by atoms with Gasteiger partial charge in [0.05, 0.1) is 12.7 Å². The number of aryl methyl sites for hydroxylation is 1. The van der Waals surface area contributed by atoms with Gasteiger partial charge in [-0.25, -0.2) is 4.98 Å². The summed E-state index contributed by atoms with van der Waals surface area (Å²) in [4.78, 5) is 4.28. The molecule has 3 nitrogen and oxygen atoms in total. The quantitative estimate of drug-likeness (QED) is 0.775. The highest BCUT2D eigenvalue weighted by Crippen LogP contribution is 2.20. The van der Waals surface area contributed by atoms with Crippen LogP contribution in [0.25, 0.3) is 0 Å². The second-order valence-electron chi connectivity index (χ2n) is 4.37. The number of pyridine rings is 1. The van der Waals surface area contributed by atoms with Crippen molar-refractivity contribution in [3.63, 3.8) is 0 Å². The molecule has 1 fully saturated rings. The van der Waals surface area contributed by atoms with Crippen LogP contribution in [-0.2, 0) is 4.74 Å². The van der Waals surface area contributed by atoms with Gasteiger partial charge in [-0.3, -0.25) is 0 Å². The van der Waals surface area contributed by atoms with Crippen LogP contribution in [-0.4, -0.2) is 24.2 Å². The van der Waals surface area contributed by atoms with Crippen LogP contribution in [0.1, 0.15) is 31.2 Å². The van der Waals surface area contributed by atoms with E-state index in [1.165, 1.54) is 31.2 Å². The Labute approximate surface area is 97.2 Å². The van der Waals surface area contributed by atoms with Gasteiger partial charge < -0.3 is 10.1 Å². The summed E-state index contributed by atoms with van der Waals surface area (Å²) in [5.74, 6) is 0.970. The van der Waals surface area contributed by atoms with Crippen LogP contribution in [0.5, 0.6) is 0 Å². The highest BCUT2D eigenvalue weighted by molar-refractivity contribution is 5.42. The van der Waals surface area contributed by atoms with Crippen molar-refractivity contribution in [2.24, 2.45) is 0 Å². The van der Waals surface area contributed by atoms with Crippen molar-refractivity contribution in [3.8, 4) is 0 Å². The Kier molecular flexibility index (Phi) is 4.17. The number of nitrogens with zero attached hydrogens (tertiary/aromatic N) is 1. The van der Waals surface area contributed by atoms with Crippen molar-refractivity contribution in [1.82, 2.24) is 4.98 Å². The van der Waals surface area contributed by atoms with Gasteiger partial charge in [0.1, 0.15) is 5.82 Å². The van der Waals surface area contributed by atoms with Gasteiger partial charge in [-0.1, -0.05) is 18.9 Å². The number of hydrogen-bond donors (Lipinski definition) is 1. The summed E-state index contributed by atoms with van der Waals surface area (Å²) in [6.07, 6.45) is 7.46. The van der Waals surface area contributed by atoms with Gasteiger partial charge in [0.25, 0.3) is 0 Å². The Morgan fingerprint density at radius 1 is 1.44 bits per heavy atom. The molecule has 3 heteroatoms. The molecule has 1 aromatic rings. The van der Waals surface area contributed by atoms with E-state index in [-0.39, 0.29) is 0 Å². The maximum Gasteiger partial charge on any atom is 0.128 e. The van der Waals surface area contributed by atoms with Gasteiger partial charge >= 0.3 is 0 Å². The predicted octanol–water partition coefficient (Wildman–Crippen LogP) is 2.76. The number of anilines is 1. The summed E-state index contributed by atoms with van der Waals surface area (Å²) in [6, 6.07) is 4.02. The zero-order valence-electron chi connectivity index (χ0n) is 9.91. The topological polar surface area (TPSA) is 34.2 Å². The first-order valence-electron chi connectivity index (χ1n) is 6.13. The first-order chi connectivity index (χ1) is 7.86. The Hall–Kier alpha value is -1.09. The monoisotopic (exact) mass is 220 g/mol. The molecule has 2 rings (SSSR count). The number of hydrogen-bond acceptors (Lipinski definition) is 3. The molecule has 1 aliphatic rings. The van der Waals surface area contributed by atoms with Gasteiger partial charge in [0, 0.05) is 12.7 Å². The minimum absolute atomic E-state index is 0.506. The van der Waals surface area contributed by atoms with E-state index >= 15 is 0 Å². The van der Waals surface area contributed by atoms with Gasteiger partial charge in [0.15, 0.2) is 0 Å². The molecular formula is C13H20N2O. The van der Waals surface area contributed by atoms with Crippen molar-refractivity contribution >= 4 is 5.82 Å². The predicted molar refractivity (Wildman–Crippen MR) is 65.7 cm³/mol. The molecular weight excluding hydrogens is 200 g/mol. The Morgan fingerprint density at radius 3 is 3.00 bits per heavy atom. The zero-order valence-corrected chi connectivity index (χ0v) is 9.91. The third kappa shape index (κ3) is 3.20. The molecule has 16 heavy (non-hydrogen) atoms. The average molecular weight is 220 g/mol. The summed E-state index contributed by atoms with van der Waals surface area (Å²) in [5.41, 5.74) is 1.18. The van der Waals surface area contributed by atoms with E-state index in [1.807, 2.05) is 12.3 Å². The lowest BCUT2D eigenvalue weighted by Gasteiger charge is -2.12. The number of aromatic nitrogens is 1. The van der Waals surface area contributed by atoms with E-state index in [1.54, 1.807) is 0 Å². The molecule has 1 aromatic heterocycles. The molecule has 0 aromatic carbocycles.